The number of anilines is 2. The number of hydrogen-bond acceptors (Lipinski definition) is 8. The molecule has 1 aromatic carbocycles. The Morgan fingerprint density at radius 3 is 2.47 bits per heavy atom. The number of hydrogen-bond donors (Lipinski definition) is 3. The van der Waals surface area contributed by atoms with Crippen molar-refractivity contribution >= 4 is 40.5 Å². The molecule has 0 radical (unpaired) electrons. The number of amides is 1. The summed E-state index contributed by atoms with van der Waals surface area (Å²) < 4.78 is 7.97. The Kier molecular flexibility index (Phi) is 10.4. The summed E-state index contributed by atoms with van der Waals surface area (Å²) in [7, 11) is 0. The summed E-state index contributed by atoms with van der Waals surface area (Å²) in [5, 5.41) is 12.9. The van der Waals surface area contributed by atoms with E-state index in [-0.39, 0.29) is 17.3 Å². The molecule has 4 rings (SSSR count). The zero-order valence-electron chi connectivity index (χ0n) is 19.2. The number of likely N-dealkylation sites (tertiary alicyclic amines) is 1. The minimum Gasteiger partial charge on any atom is -0.505 e. The van der Waals surface area contributed by atoms with Crippen LogP contribution in [-0.2, 0) is 6.54 Å². The lowest BCUT2D eigenvalue weighted by atomic mass is 10.1. The molecule has 7 nitrogen and oxygen atoms in total. The predicted octanol–water partition coefficient (Wildman–Crippen LogP) is 5.39. The number of aromatic nitrogens is 2. The van der Waals surface area contributed by atoms with Crippen molar-refractivity contribution in [3.05, 3.63) is 51.8 Å². The number of aromatic hydroxyl groups is 1. The van der Waals surface area contributed by atoms with E-state index in [4.69, 9.17) is 5.73 Å². The number of phenols is 1. The third-order valence-electron chi connectivity index (χ3n) is 4.29. The molecule has 0 atom stereocenters. The zero-order chi connectivity index (χ0) is 23.5. The average molecular weight is 476 g/mol. The van der Waals surface area contributed by atoms with Crippen LogP contribution in [-0.4, -0.2) is 37.8 Å². The van der Waals surface area contributed by atoms with Gasteiger partial charge in [0.05, 0.1) is 35.7 Å². The molecule has 2 aromatic heterocycles. The molecule has 4 N–H and O–H groups in total. The van der Waals surface area contributed by atoms with Crippen LogP contribution in [0.3, 0.4) is 0 Å². The fourth-order valence-corrected chi connectivity index (χ4v) is 4.05. The summed E-state index contributed by atoms with van der Waals surface area (Å²) >= 11 is 3.02. The summed E-state index contributed by atoms with van der Waals surface area (Å²) in [6, 6.07) is 9.12. The van der Waals surface area contributed by atoms with Gasteiger partial charge in [-0.15, -0.1) is 11.3 Å². The van der Waals surface area contributed by atoms with Gasteiger partial charge in [0.1, 0.15) is 0 Å². The first-order valence-corrected chi connectivity index (χ1v) is 12.3. The maximum Gasteiger partial charge on any atom is 0.257 e. The van der Waals surface area contributed by atoms with E-state index in [9.17, 15) is 9.90 Å². The van der Waals surface area contributed by atoms with Gasteiger partial charge in [0, 0.05) is 22.8 Å². The molecule has 0 bridgehead atoms. The smallest absolute Gasteiger partial charge is 0.257 e. The van der Waals surface area contributed by atoms with E-state index < -0.39 is 0 Å². The fourth-order valence-electron chi connectivity index (χ4n) is 2.82. The largest absolute Gasteiger partial charge is 0.505 e. The van der Waals surface area contributed by atoms with Crippen LogP contribution in [0.1, 0.15) is 53.7 Å². The summed E-state index contributed by atoms with van der Waals surface area (Å²) in [5.41, 5.74) is 6.09. The highest BCUT2D eigenvalue weighted by molar-refractivity contribution is 7.11. The Morgan fingerprint density at radius 2 is 1.91 bits per heavy atom. The van der Waals surface area contributed by atoms with Gasteiger partial charge in [-0.3, -0.25) is 4.79 Å². The van der Waals surface area contributed by atoms with E-state index >= 15 is 0 Å². The zero-order valence-corrected chi connectivity index (χ0v) is 20.8. The summed E-state index contributed by atoms with van der Waals surface area (Å²) in [4.78, 5) is 16.3. The second kappa shape index (κ2) is 13.0. The second-order valence-electron chi connectivity index (χ2n) is 8.13. The highest BCUT2D eigenvalue weighted by atomic mass is 32.1. The van der Waals surface area contributed by atoms with Crippen LogP contribution < -0.4 is 11.1 Å². The Morgan fingerprint density at radius 1 is 1.22 bits per heavy atom. The highest BCUT2D eigenvalue weighted by Crippen LogP contribution is 2.26. The normalized spacial score (nSPS) is 12.6. The monoisotopic (exact) mass is 475 g/mol. The molecule has 3 heterocycles. The van der Waals surface area contributed by atoms with Crippen LogP contribution in [0.4, 0.5) is 11.5 Å². The molecule has 1 aliphatic heterocycles. The van der Waals surface area contributed by atoms with E-state index in [0.29, 0.717) is 5.56 Å². The van der Waals surface area contributed by atoms with Crippen molar-refractivity contribution in [1.82, 2.24) is 13.6 Å². The number of aryl methyl sites for hydroxylation is 1. The fraction of sp³-hybridized carbons (Fsp3) is 0.435. The lowest BCUT2D eigenvalue weighted by Crippen LogP contribution is -2.27. The van der Waals surface area contributed by atoms with Gasteiger partial charge < -0.3 is 21.1 Å². The Labute approximate surface area is 198 Å². The first kappa shape index (κ1) is 25.6. The number of phenolic OH excluding ortho intramolecular Hbond substituents is 1. The van der Waals surface area contributed by atoms with Gasteiger partial charge in [-0.05, 0) is 49.9 Å². The molecular weight excluding hydrogens is 442 g/mol. The predicted molar refractivity (Wildman–Crippen MR) is 134 cm³/mol. The third-order valence-corrected chi connectivity index (χ3v) is 5.77. The molecule has 0 saturated carbocycles. The first-order chi connectivity index (χ1) is 15.3. The Balaban J connectivity index is 0.000000196. The molecule has 1 aliphatic rings. The number of carbonyl (C=O) groups excluding carboxylic acids is 1. The van der Waals surface area contributed by atoms with Gasteiger partial charge >= 0.3 is 0 Å². The molecule has 9 heteroatoms. The van der Waals surface area contributed by atoms with Gasteiger partial charge in [-0.25, -0.2) is 0 Å². The number of nitrogens with two attached hydrogens (primary N) is 1. The van der Waals surface area contributed by atoms with Crippen molar-refractivity contribution in [3.8, 4) is 5.75 Å². The van der Waals surface area contributed by atoms with E-state index in [1.807, 2.05) is 0 Å². The van der Waals surface area contributed by atoms with Crippen LogP contribution in [0.2, 0.25) is 0 Å². The molecule has 0 aliphatic carbocycles. The first-order valence-electron chi connectivity index (χ1n) is 10.7. The quantitative estimate of drug-likeness (QED) is 0.345. The van der Waals surface area contributed by atoms with E-state index in [1.165, 1.54) is 21.5 Å². The van der Waals surface area contributed by atoms with Gasteiger partial charge in [-0.1, -0.05) is 26.8 Å². The lowest BCUT2D eigenvalue weighted by Gasteiger charge is -2.16. The Hall–Kier alpha value is -2.65. The average Bonchev–Trinajstić information content (AvgIpc) is 3.51. The molecular formula is C23H33N5O2S2. The molecule has 174 valence electrons. The summed E-state index contributed by atoms with van der Waals surface area (Å²) in [5.74, 6) is 1.46. The number of para-hydroxylation sites is 1. The number of nitrogens with one attached hydrogen (secondary N) is 1. The van der Waals surface area contributed by atoms with Crippen molar-refractivity contribution < 1.29 is 9.90 Å². The van der Waals surface area contributed by atoms with Gasteiger partial charge in [0.15, 0.2) is 11.6 Å². The molecule has 1 amide bonds. The number of rotatable bonds is 4. The lowest BCUT2D eigenvalue weighted by molar-refractivity contribution is 0.0790. The maximum atomic E-state index is 11.9. The van der Waals surface area contributed by atoms with Crippen molar-refractivity contribution in [2.75, 3.05) is 24.1 Å². The second-order valence-corrected chi connectivity index (χ2v) is 10.1. The topological polar surface area (TPSA) is 104 Å². The summed E-state index contributed by atoms with van der Waals surface area (Å²) in [6.45, 7) is 11.0. The van der Waals surface area contributed by atoms with Crippen LogP contribution in [0.25, 0.3) is 0 Å². The minimum atomic E-state index is -0.127. The molecule has 0 spiro atoms. The Bertz CT molecular complexity index is 948. The minimum absolute atomic E-state index is 0.102. The number of carbonyl (C=O) groups is 1. The van der Waals surface area contributed by atoms with E-state index in [1.54, 1.807) is 40.6 Å². The van der Waals surface area contributed by atoms with Gasteiger partial charge in [-0.2, -0.15) is 8.75 Å². The third kappa shape index (κ3) is 8.47. The number of nitrogens with zero attached hydrogens (tertiary/aromatic N) is 3. The van der Waals surface area contributed by atoms with Crippen molar-refractivity contribution in [1.29, 1.82) is 0 Å². The van der Waals surface area contributed by atoms with Gasteiger partial charge in [0.2, 0.25) is 0 Å². The van der Waals surface area contributed by atoms with Crippen molar-refractivity contribution in [2.24, 2.45) is 5.92 Å². The molecule has 1 fully saturated rings. The van der Waals surface area contributed by atoms with Crippen LogP contribution in [0.5, 0.6) is 5.75 Å². The van der Waals surface area contributed by atoms with Crippen LogP contribution in [0.15, 0.2) is 36.5 Å². The molecule has 1 saturated heterocycles. The number of benzene rings is 1. The number of thiophene rings is 1. The van der Waals surface area contributed by atoms with E-state index in [2.05, 4.69) is 53.9 Å². The standard InChI is InChI=1S/C11H14N2O2.C8H9N3S2.C4H10/c12-9-5-3-4-8(10(9)14)11(15)13-6-1-2-7-13;1-6-2-3-7(12-6)4-9-8-5-10-13-11-8;1-4(2)3/h3-5,14H,1-2,6-7,12H2;2-3,5H,4H2,1H3,(H,9,11);4H,1-3H3. The molecule has 0 unspecified atom stereocenters. The SMILES string of the molecule is CC(C)C.Cc1ccc(CNc2cnsn2)s1.Nc1cccc(C(=O)N2CCCC2)c1O. The molecule has 3 aromatic rings. The van der Waals surface area contributed by atoms with Gasteiger partial charge in [0.25, 0.3) is 5.91 Å². The van der Waals surface area contributed by atoms with Crippen LogP contribution in [0, 0.1) is 12.8 Å². The molecule has 32 heavy (non-hydrogen) atoms. The highest BCUT2D eigenvalue weighted by Gasteiger charge is 2.22. The van der Waals surface area contributed by atoms with Crippen molar-refractivity contribution in [2.45, 2.75) is 47.1 Å². The summed E-state index contributed by atoms with van der Waals surface area (Å²) in [6.07, 6.45) is 3.81. The van der Waals surface area contributed by atoms with Crippen molar-refractivity contribution in [3.63, 3.8) is 0 Å². The number of nitrogen functional groups attached to an aromatic ring is 1. The maximum absolute atomic E-state index is 11.9. The van der Waals surface area contributed by atoms with Crippen LogP contribution >= 0.6 is 23.1 Å². The van der Waals surface area contributed by atoms with E-state index in [0.717, 1.165) is 44.2 Å².